The monoisotopic (exact) mass is 310 g/mol. The summed E-state index contributed by atoms with van der Waals surface area (Å²) in [6.45, 7) is 3.26. The van der Waals surface area contributed by atoms with Crippen molar-refractivity contribution < 1.29 is 18.3 Å². The third kappa shape index (κ3) is 3.45. The third-order valence-electron chi connectivity index (χ3n) is 2.90. The molecule has 0 aliphatic heterocycles. The summed E-state index contributed by atoms with van der Waals surface area (Å²) in [6, 6.07) is 2.96. The van der Waals surface area contributed by atoms with Crippen molar-refractivity contribution >= 4 is 5.91 Å². The molecule has 0 fully saturated rings. The van der Waals surface area contributed by atoms with Crippen molar-refractivity contribution in [2.75, 3.05) is 7.11 Å². The molecule has 0 saturated carbocycles. The Morgan fingerprint density at radius 1 is 1.41 bits per heavy atom. The van der Waals surface area contributed by atoms with E-state index in [1.165, 1.54) is 24.8 Å². The summed E-state index contributed by atoms with van der Waals surface area (Å²) >= 11 is 0. The lowest BCUT2D eigenvalue weighted by Crippen LogP contribution is -2.26. The van der Waals surface area contributed by atoms with Crippen molar-refractivity contribution in [1.82, 2.24) is 20.1 Å². The molecule has 0 aliphatic rings. The minimum Gasteiger partial charge on any atom is -0.377 e. The van der Waals surface area contributed by atoms with Gasteiger partial charge in [0.2, 0.25) is 5.91 Å². The van der Waals surface area contributed by atoms with Gasteiger partial charge >= 0.3 is 0 Å². The molecule has 2 aromatic rings. The normalized spacial score (nSPS) is 12.2. The number of methoxy groups -OCH3 is 1. The molecular formula is C14H16F2N4O2. The van der Waals surface area contributed by atoms with Gasteiger partial charge in [-0.1, -0.05) is 0 Å². The highest BCUT2D eigenvalue weighted by atomic mass is 19.2. The van der Waals surface area contributed by atoms with Gasteiger partial charge in [0.15, 0.2) is 23.3 Å². The van der Waals surface area contributed by atoms with Gasteiger partial charge in [0.1, 0.15) is 6.61 Å². The van der Waals surface area contributed by atoms with Gasteiger partial charge in [-0.15, -0.1) is 5.10 Å². The maximum atomic E-state index is 13.4. The van der Waals surface area contributed by atoms with Crippen LogP contribution in [-0.4, -0.2) is 27.8 Å². The zero-order valence-electron chi connectivity index (χ0n) is 12.4. The molecule has 0 aliphatic carbocycles. The Bertz CT molecular complexity index is 687. The van der Waals surface area contributed by atoms with E-state index >= 15 is 0 Å². The highest BCUT2D eigenvalue weighted by Gasteiger charge is 2.19. The summed E-state index contributed by atoms with van der Waals surface area (Å²) < 4.78 is 32.8. The second kappa shape index (κ2) is 6.61. The average Bonchev–Trinajstić information content (AvgIpc) is 2.86. The molecule has 0 unspecified atom stereocenters. The molecule has 0 spiro atoms. The van der Waals surface area contributed by atoms with Crippen molar-refractivity contribution in [1.29, 1.82) is 0 Å². The molecule has 8 heteroatoms. The second-order valence-electron chi connectivity index (χ2n) is 4.75. The van der Waals surface area contributed by atoms with Crippen LogP contribution in [-0.2, 0) is 16.1 Å². The molecule has 1 atom stereocenters. The summed E-state index contributed by atoms with van der Waals surface area (Å²) in [4.78, 5) is 15.5. The molecule has 1 aromatic carbocycles. The fraction of sp³-hybridized carbons (Fsp3) is 0.357. The molecule has 118 valence electrons. The van der Waals surface area contributed by atoms with Gasteiger partial charge in [0, 0.05) is 20.1 Å². The predicted molar refractivity (Wildman–Crippen MR) is 74.2 cm³/mol. The number of benzene rings is 1. The SMILES string of the molecule is COCc1nc([C@H](C)NC(C)=O)n(-c2ccc(F)c(F)c2)n1. The van der Waals surface area contributed by atoms with Crippen molar-refractivity contribution in [3.63, 3.8) is 0 Å². The lowest BCUT2D eigenvalue weighted by Gasteiger charge is -2.13. The number of aromatic nitrogens is 3. The highest BCUT2D eigenvalue weighted by molar-refractivity contribution is 5.73. The summed E-state index contributed by atoms with van der Waals surface area (Å²) in [5.74, 6) is -1.40. The van der Waals surface area contributed by atoms with E-state index in [9.17, 15) is 13.6 Å². The summed E-state index contributed by atoms with van der Waals surface area (Å²) in [5.41, 5.74) is 0.306. The van der Waals surface area contributed by atoms with Gasteiger partial charge in [-0.25, -0.2) is 18.4 Å². The molecule has 1 heterocycles. The van der Waals surface area contributed by atoms with E-state index in [2.05, 4.69) is 15.4 Å². The van der Waals surface area contributed by atoms with Crippen molar-refractivity contribution in [2.45, 2.75) is 26.5 Å². The van der Waals surface area contributed by atoms with Crippen LogP contribution in [0, 0.1) is 11.6 Å². The van der Waals surface area contributed by atoms with Crippen molar-refractivity contribution in [3.8, 4) is 5.69 Å². The zero-order chi connectivity index (χ0) is 16.3. The Morgan fingerprint density at radius 2 is 2.14 bits per heavy atom. The summed E-state index contributed by atoms with van der Waals surface area (Å²) in [5, 5.41) is 6.89. The fourth-order valence-electron chi connectivity index (χ4n) is 2.02. The number of carbonyl (C=O) groups is 1. The first-order valence-corrected chi connectivity index (χ1v) is 6.59. The lowest BCUT2D eigenvalue weighted by molar-refractivity contribution is -0.119. The van der Waals surface area contributed by atoms with Gasteiger partial charge in [-0.3, -0.25) is 4.79 Å². The van der Waals surface area contributed by atoms with Gasteiger partial charge in [0.05, 0.1) is 11.7 Å². The van der Waals surface area contributed by atoms with Crippen LogP contribution < -0.4 is 5.32 Å². The molecular weight excluding hydrogens is 294 g/mol. The topological polar surface area (TPSA) is 69.0 Å². The van der Waals surface area contributed by atoms with Crippen molar-refractivity contribution in [3.05, 3.63) is 41.5 Å². The minimum atomic E-state index is -0.987. The second-order valence-corrected chi connectivity index (χ2v) is 4.75. The molecule has 22 heavy (non-hydrogen) atoms. The standard InChI is InChI=1S/C14H16F2N4O2/c1-8(17-9(2)21)14-18-13(7-22-3)19-20(14)10-4-5-11(15)12(16)6-10/h4-6,8H,7H2,1-3H3,(H,17,21)/t8-/m0/s1. The third-order valence-corrected chi connectivity index (χ3v) is 2.90. The van der Waals surface area contributed by atoms with Crippen molar-refractivity contribution in [2.24, 2.45) is 0 Å². The largest absolute Gasteiger partial charge is 0.377 e. The quantitative estimate of drug-likeness (QED) is 0.915. The molecule has 0 bridgehead atoms. The van der Waals surface area contributed by atoms with Crippen LogP contribution in [0.15, 0.2) is 18.2 Å². The Morgan fingerprint density at radius 3 is 2.73 bits per heavy atom. The van der Waals surface area contributed by atoms with Crippen LogP contribution in [0.2, 0.25) is 0 Å². The number of carbonyl (C=O) groups excluding carboxylic acids is 1. The molecule has 1 N–H and O–H groups in total. The van der Waals surface area contributed by atoms with E-state index in [4.69, 9.17) is 4.74 Å². The van der Waals surface area contributed by atoms with Crippen LogP contribution in [0.4, 0.5) is 8.78 Å². The van der Waals surface area contributed by atoms with Crippen LogP contribution in [0.3, 0.4) is 0 Å². The number of nitrogens with zero attached hydrogens (tertiary/aromatic N) is 3. The number of halogens is 2. The number of rotatable bonds is 5. The van der Waals surface area contributed by atoms with E-state index in [0.717, 1.165) is 12.1 Å². The molecule has 1 aromatic heterocycles. The molecule has 0 saturated heterocycles. The van der Waals surface area contributed by atoms with Gasteiger partial charge in [-0.05, 0) is 19.1 Å². The number of ether oxygens (including phenoxy) is 1. The first kappa shape index (κ1) is 16.0. The van der Waals surface area contributed by atoms with Crippen LogP contribution in [0.1, 0.15) is 31.5 Å². The smallest absolute Gasteiger partial charge is 0.217 e. The van der Waals surface area contributed by atoms with E-state index in [-0.39, 0.29) is 12.5 Å². The molecule has 2 rings (SSSR count). The van der Waals surface area contributed by atoms with Gasteiger partial charge in [0.25, 0.3) is 0 Å². The Labute approximate surface area is 126 Å². The lowest BCUT2D eigenvalue weighted by atomic mass is 10.2. The van der Waals surface area contributed by atoms with E-state index in [1.54, 1.807) is 6.92 Å². The maximum absolute atomic E-state index is 13.4. The predicted octanol–water partition coefficient (Wildman–Crippen LogP) is 1.89. The van der Waals surface area contributed by atoms with Crippen LogP contribution in [0.25, 0.3) is 5.69 Å². The van der Waals surface area contributed by atoms with Crippen LogP contribution in [0.5, 0.6) is 0 Å². The Kier molecular flexibility index (Phi) is 4.81. The van der Waals surface area contributed by atoms with E-state index in [1.807, 2.05) is 0 Å². The number of nitrogens with one attached hydrogen (secondary N) is 1. The minimum absolute atomic E-state index is 0.163. The summed E-state index contributed by atoms with van der Waals surface area (Å²) in [7, 11) is 1.50. The maximum Gasteiger partial charge on any atom is 0.217 e. The number of hydrogen-bond donors (Lipinski definition) is 1. The average molecular weight is 310 g/mol. The Hall–Kier alpha value is -2.35. The first-order chi connectivity index (χ1) is 10.4. The molecule has 6 nitrogen and oxygen atoms in total. The van der Waals surface area contributed by atoms with Gasteiger partial charge in [-0.2, -0.15) is 0 Å². The van der Waals surface area contributed by atoms with Crippen LogP contribution >= 0.6 is 0 Å². The molecule has 1 amide bonds. The number of hydrogen-bond acceptors (Lipinski definition) is 4. The Balaban J connectivity index is 2.47. The fourth-order valence-corrected chi connectivity index (χ4v) is 2.02. The molecule has 0 radical (unpaired) electrons. The van der Waals surface area contributed by atoms with E-state index < -0.39 is 17.7 Å². The highest BCUT2D eigenvalue weighted by Crippen LogP contribution is 2.18. The van der Waals surface area contributed by atoms with E-state index in [0.29, 0.717) is 17.3 Å². The first-order valence-electron chi connectivity index (χ1n) is 6.59. The van der Waals surface area contributed by atoms with Gasteiger partial charge < -0.3 is 10.1 Å². The summed E-state index contributed by atoms with van der Waals surface area (Å²) in [6.07, 6.45) is 0. The zero-order valence-corrected chi connectivity index (χ0v) is 12.4. The number of amides is 1.